The Morgan fingerprint density at radius 1 is 1.37 bits per heavy atom. The Morgan fingerprint density at radius 3 is 2.81 bits per heavy atom. The molecule has 2 saturated carbocycles. The lowest BCUT2D eigenvalue weighted by atomic mass is 9.95. The van der Waals surface area contributed by atoms with Crippen LogP contribution >= 0.6 is 11.5 Å². The van der Waals surface area contributed by atoms with E-state index in [-0.39, 0.29) is 29.1 Å². The van der Waals surface area contributed by atoms with Gasteiger partial charge in [-0.05, 0) is 37.2 Å². The Hall–Kier alpha value is -1.99. The van der Waals surface area contributed by atoms with E-state index in [1.54, 1.807) is 0 Å². The average molecular weight is 385 g/mol. The molecule has 0 radical (unpaired) electrons. The number of carbonyl (C=O) groups excluding carboxylic acids is 1. The molecule has 5 rings (SSSR count). The molecule has 3 fully saturated rings. The van der Waals surface area contributed by atoms with E-state index in [0.717, 1.165) is 30.3 Å². The zero-order valence-electron chi connectivity index (χ0n) is 15.3. The maximum atomic E-state index is 12.2. The summed E-state index contributed by atoms with van der Waals surface area (Å²) >= 11 is 1.39. The smallest absolute Gasteiger partial charge is 0.223 e. The van der Waals surface area contributed by atoms with Gasteiger partial charge in [0.25, 0.3) is 0 Å². The molecule has 27 heavy (non-hydrogen) atoms. The first-order valence-corrected chi connectivity index (χ1v) is 10.4. The van der Waals surface area contributed by atoms with Crippen LogP contribution in [-0.4, -0.2) is 46.1 Å². The molecule has 6 nitrogen and oxygen atoms in total. The molecule has 2 aliphatic carbocycles. The number of aliphatic hydroxyl groups excluding tert-OH is 1. The van der Waals surface area contributed by atoms with E-state index in [4.69, 9.17) is 0 Å². The van der Waals surface area contributed by atoms with Gasteiger partial charge in [0, 0.05) is 42.5 Å². The number of aliphatic hydroxyl groups is 1. The predicted molar refractivity (Wildman–Crippen MR) is 104 cm³/mol. The number of hydrogen-bond donors (Lipinski definition) is 2. The van der Waals surface area contributed by atoms with Crippen molar-refractivity contribution in [1.29, 1.82) is 0 Å². The second kappa shape index (κ2) is 6.27. The van der Waals surface area contributed by atoms with Crippen LogP contribution in [0.3, 0.4) is 0 Å². The fourth-order valence-corrected chi connectivity index (χ4v) is 5.54. The lowest BCUT2D eigenvalue weighted by molar-refractivity contribution is -0.122. The van der Waals surface area contributed by atoms with Crippen LogP contribution in [-0.2, 0) is 4.79 Å². The van der Waals surface area contributed by atoms with Crippen molar-refractivity contribution >= 4 is 22.6 Å². The van der Waals surface area contributed by atoms with Gasteiger partial charge in [0.05, 0.1) is 6.10 Å². The zero-order valence-corrected chi connectivity index (χ0v) is 16.2. The molecule has 2 N–H and O–H groups in total. The van der Waals surface area contributed by atoms with Crippen LogP contribution in [0, 0.1) is 24.2 Å². The van der Waals surface area contributed by atoms with Gasteiger partial charge in [-0.2, -0.15) is 4.37 Å². The molecular weight excluding hydrogens is 360 g/mol. The van der Waals surface area contributed by atoms with Gasteiger partial charge in [0.1, 0.15) is 5.82 Å². The molecule has 1 aromatic heterocycles. The molecule has 1 saturated heterocycles. The topological polar surface area (TPSA) is 78.4 Å². The highest BCUT2D eigenvalue weighted by atomic mass is 32.1. The second-order valence-corrected chi connectivity index (χ2v) is 8.88. The zero-order chi connectivity index (χ0) is 18.6. The van der Waals surface area contributed by atoms with Gasteiger partial charge < -0.3 is 15.3 Å². The van der Waals surface area contributed by atoms with Crippen molar-refractivity contribution in [3.05, 3.63) is 41.7 Å². The maximum Gasteiger partial charge on any atom is 0.223 e. The summed E-state index contributed by atoms with van der Waals surface area (Å²) in [7, 11) is 0. The van der Waals surface area contributed by atoms with E-state index in [0.29, 0.717) is 13.1 Å². The number of aryl methyl sites for hydroxylation is 1. The largest absolute Gasteiger partial charge is 0.391 e. The van der Waals surface area contributed by atoms with E-state index in [1.165, 1.54) is 17.1 Å². The van der Waals surface area contributed by atoms with Crippen molar-refractivity contribution in [2.24, 2.45) is 17.3 Å². The van der Waals surface area contributed by atoms with Gasteiger partial charge in [-0.3, -0.25) is 4.79 Å². The highest BCUT2D eigenvalue weighted by molar-refractivity contribution is 7.09. The lowest BCUT2D eigenvalue weighted by Gasteiger charge is -2.15. The van der Waals surface area contributed by atoms with Gasteiger partial charge >= 0.3 is 0 Å². The standard InChI is InChI=1S/C20H24N4O2S/c1-12-22-19(27-23-12)24-10-16(25)20(11-24)15(9-21-18(26)14-7-8-14)17(20)13-5-3-2-4-6-13/h2-6,14-17,25H,7-11H2,1H3,(H,21,26)/t15-,16-,17-,20-/m1/s1. The Morgan fingerprint density at radius 2 is 2.15 bits per heavy atom. The van der Waals surface area contributed by atoms with E-state index in [2.05, 4.69) is 31.7 Å². The molecule has 142 valence electrons. The third-order valence-corrected chi connectivity index (χ3v) is 7.30. The van der Waals surface area contributed by atoms with E-state index in [1.807, 2.05) is 25.1 Å². The number of benzene rings is 1. The summed E-state index contributed by atoms with van der Waals surface area (Å²) in [5.41, 5.74) is 1.02. The molecule has 1 amide bonds. The Bertz CT molecular complexity index is 853. The third kappa shape index (κ3) is 2.84. The minimum absolute atomic E-state index is 0.174. The van der Waals surface area contributed by atoms with Crippen molar-refractivity contribution in [3.8, 4) is 0 Å². The normalized spacial score (nSPS) is 32.1. The number of rotatable bonds is 5. The number of nitrogens with one attached hydrogen (secondary N) is 1. The number of anilines is 1. The van der Waals surface area contributed by atoms with E-state index in [9.17, 15) is 9.90 Å². The van der Waals surface area contributed by atoms with Crippen LogP contribution in [0.15, 0.2) is 30.3 Å². The molecule has 2 aromatic rings. The lowest BCUT2D eigenvalue weighted by Crippen LogP contribution is -2.31. The maximum absolute atomic E-state index is 12.2. The first-order valence-electron chi connectivity index (χ1n) is 9.65. The fraction of sp³-hybridized carbons (Fsp3) is 0.550. The first-order chi connectivity index (χ1) is 13.1. The van der Waals surface area contributed by atoms with Crippen molar-refractivity contribution in [3.63, 3.8) is 0 Å². The average Bonchev–Trinajstić information content (AvgIpc) is 3.54. The number of aromatic nitrogens is 2. The predicted octanol–water partition coefficient (Wildman–Crippen LogP) is 1.95. The van der Waals surface area contributed by atoms with Crippen molar-refractivity contribution in [2.45, 2.75) is 31.8 Å². The SMILES string of the molecule is Cc1nsc(N2C[C@@H](O)[C@@]3(C2)[C@H](CNC(=O)C2CC2)[C@H]3c2ccccc2)n1. The van der Waals surface area contributed by atoms with Crippen LogP contribution in [0.25, 0.3) is 0 Å². The molecule has 7 heteroatoms. The van der Waals surface area contributed by atoms with Crippen molar-refractivity contribution in [2.75, 3.05) is 24.5 Å². The van der Waals surface area contributed by atoms with Crippen LogP contribution in [0.5, 0.6) is 0 Å². The van der Waals surface area contributed by atoms with Gasteiger partial charge in [-0.25, -0.2) is 4.98 Å². The fourth-order valence-electron chi connectivity index (χ4n) is 4.86. The minimum Gasteiger partial charge on any atom is -0.391 e. The molecule has 4 atom stereocenters. The van der Waals surface area contributed by atoms with Gasteiger partial charge in [0.15, 0.2) is 0 Å². The quantitative estimate of drug-likeness (QED) is 0.824. The van der Waals surface area contributed by atoms with E-state index >= 15 is 0 Å². The summed E-state index contributed by atoms with van der Waals surface area (Å²) in [6.45, 7) is 3.86. The summed E-state index contributed by atoms with van der Waals surface area (Å²) in [6.07, 6.45) is 1.59. The van der Waals surface area contributed by atoms with Crippen molar-refractivity contribution in [1.82, 2.24) is 14.7 Å². The number of carbonyl (C=O) groups is 1. The summed E-state index contributed by atoms with van der Waals surface area (Å²) in [6, 6.07) is 10.4. The molecule has 1 aliphatic heterocycles. The highest BCUT2D eigenvalue weighted by Crippen LogP contribution is 2.69. The number of hydrogen-bond acceptors (Lipinski definition) is 6. The molecule has 2 heterocycles. The minimum atomic E-state index is -0.435. The first kappa shape index (κ1) is 17.1. The Balaban J connectivity index is 1.39. The van der Waals surface area contributed by atoms with Gasteiger partial charge in [-0.1, -0.05) is 30.3 Å². The number of amides is 1. The molecule has 1 spiro atoms. The molecule has 0 bridgehead atoms. The van der Waals surface area contributed by atoms with Crippen LogP contribution in [0.2, 0.25) is 0 Å². The number of nitrogens with zero attached hydrogens (tertiary/aromatic N) is 3. The monoisotopic (exact) mass is 384 g/mol. The molecule has 3 aliphatic rings. The third-order valence-electron chi connectivity index (χ3n) is 6.43. The van der Waals surface area contributed by atoms with Crippen molar-refractivity contribution < 1.29 is 9.90 Å². The Labute approximate surface area is 162 Å². The van der Waals surface area contributed by atoms with Gasteiger partial charge in [-0.15, -0.1) is 0 Å². The highest BCUT2D eigenvalue weighted by Gasteiger charge is 2.71. The van der Waals surface area contributed by atoms with Crippen LogP contribution in [0.4, 0.5) is 5.13 Å². The van der Waals surface area contributed by atoms with Crippen LogP contribution in [0.1, 0.15) is 30.1 Å². The number of β-amino-alcohol motifs (C(OH)–C–C–N with tert-alkyl or cyclic N) is 1. The summed E-state index contributed by atoms with van der Waals surface area (Å²) < 4.78 is 4.29. The van der Waals surface area contributed by atoms with Gasteiger partial charge in [0.2, 0.25) is 11.0 Å². The molecule has 0 unspecified atom stereocenters. The van der Waals surface area contributed by atoms with E-state index < -0.39 is 6.10 Å². The summed E-state index contributed by atoms with van der Waals surface area (Å²) in [5, 5.41) is 15.1. The Kier molecular flexibility index (Phi) is 3.98. The molecule has 1 aromatic carbocycles. The summed E-state index contributed by atoms with van der Waals surface area (Å²) in [4.78, 5) is 18.8. The van der Waals surface area contributed by atoms with Crippen LogP contribution < -0.4 is 10.2 Å². The molecular formula is C20H24N4O2S. The summed E-state index contributed by atoms with van der Waals surface area (Å²) in [5.74, 6) is 1.66. The second-order valence-electron chi connectivity index (χ2n) is 8.15.